The van der Waals surface area contributed by atoms with E-state index in [1.54, 1.807) is 13.8 Å². The summed E-state index contributed by atoms with van der Waals surface area (Å²) < 4.78 is 53.1. The van der Waals surface area contributed by atoms with Gasteiger partial charge in [-0.1, -0.05) is 0 Å². The average Bonchev–Trinajstić information content (AvgIpc) is 2.57. The second-order valence-electron chi connectivity index (χ2n) is 4.74. The molecule has 2 rings (SSSR count). The molecule has 1 fully saturated rings. The van der Waals surface area contributed by atoms with Crippen LogP contribution in [0.2, 0.25) is 0 Å². The first-order valence-corrected chi connectivity index (χ1v) is 5.32. The van der Waals surface area contributed by atoms with Gasteiger partial charge in [-0.3, -0.25) is 0 Å². The summed E-state index contributed by atoms with van der Waals surface area (Å²) in [7, 11) is 0. The van der Waals surface area contributed by atoms with Crippen molar-refractivity contribution in [2.75, 3.05) is 11.4 Å². The molecule has 1 aliphatic rings. The molecule has 0 unspecified atom stereocenters. The predicted octanol–water partition coefficient (Wildman–Crippen LogP) is 3.02. The summed E-state index contributed by atoms with van der Waals surface area (Å²) in [5.74, 6) is -6.08. The molecule has 0 saturated carbocycles. The van der Waals surface area contributed by atoms with Crippen molar-refractivity contribution in [3.8, 4) is 0 Å². The smallest absolute Gasteiger partial charge is 0.253 e. The van der Waals surface area contributed by atoms with Gasteiger partial charge in [-0.15, -0.1) is 0 Å². The topological polar surface area (TPSA) is 16.1 Å². The number of aromatic nitrogens is 1. The van der Waals surface area contributed by atoms with E-state index in [4.69, 9.17) is 0 Å². The van der Waals surface area contributed by atoms with E-state index in [0.29, 0.717) is 13.0 Å². The molecule has 0 aliphatic carbocycles. The van der Waals surface area contributed by atoms with Crippen LogP contribution < -0.4 is 4.90 Å². The highest BCUT2D eigenvalue weighted by molar-refractivity contribution is 5.51. The minimum absolute atomic E-state index is 0.365. The summed E-state index contributed by atoms with van der Waals surface area (Å²) in [6.45, 7) is 3.91. The molecule has 1 saturated heterocycles. The van der Waals surface area contributed by atoms with Crippen molar-refractivity contribution in [2.24, 2.45) is 0 Å². The van der Waals surface area contributed by atoms with Gasteiger partial charge in [-0.05, 0) is 26.7 Å². The molecule has 0 N–H and O–H groups in total. The van der Waals surface area contributed by atoms with E-state index in [1.807, 2.05) is 0 Å². The number of rotatable bonds is 1. The minimum atomic E-state index is -1.61. The molecule has 0 radical (unpaired) electrons. The lowest BCUT2D eigenvalue weighted by Gasteiger charge is -2.33. The first-order chi connectivity index (χ1) is 7.84. The van der Waals surface area contributed by atoms with Gasteiger partial charge in [-0.25, -0.2) is 0 Å². The van der Waals surface area contributed by atoms with Crippen molar-refractivity contribution in [1.82, 2.24) is 4.98 Å². The van der Waals surface area contributed by atoms with Crippen LogP contribution in [0.1, 0.15) is 26.7 Å². The zero-order chi connectivity index (χ0) is 12.8. The Morgan fingerprint density at radius 3 is 2.00 bits per heavy atom. The van der Waals surface area contributed by atoms with Gasteiger partial charge in [0, 0.05) is 12.1 Å². The Hall–Kier alpha value is -1.33. The fourth-order valence-corrected chi connectivity index (χ4v) is 2.23. The molecule has 0 bridgehead atoms. The van der Waals surface area contributed by atoms with Gasteiger partial charge in [0.15, 0.2) is 0 Å². The summed E-state index contributed by atoms with van der Waals surface area (Å²) in [4.78, 5) is 3.90. The van der Waals surface area contributed by atoms with E-state index in [2.05, 4.69) is 4.98 Å². The van der Waals surface area contributed by atoms with Crippen LogP contribution >= 0.6 is 0 Å². The van der Waals surface area contributed by atoms with Gasteiger partial charge in [0.2, 0.25) is 11.6 Å². The number of nitrogens with zero attached hydrogens (tertiary/aromatic N) is 2. The fraction of sp³-hybridized carbons (Fsp3) is 0.545. The van der Waals surface area contributed by atoms with Gasteiger partial charge in [0.05, 0.1) is 0 Å². The molecular weight excluding hydrogens is 236 g/mol. The molecule has 0 amide bonds. The number of halogens is 4. The highest BCUT2D eigenvalue weighted by Gasteiger charge is 2.37. The lowest BCUT2D eigenvalue weighted by Crippen LogP contribution is -2.39. The van der Waals surface area contributed by atoms with E-state index in [-0.39, 0.29) is 0 Å². The Morgan fingerprint density at radius 2 is 1.59 bits per heavy atom. The molecule has 2 nitrogen and oxygen atoms in total. The standard InChI is InChI=1S/C11H12F4N2/c1-11(2)4-3-5-17(11)8-6(12)9(14)16-10(15)7(8)13/h3-5H2,1-2H3. The van der Waals surface area contributed by atoms with Crippen molar-refractivity contribution >= 4 is 5.69 Å². The largest absolute Gasteiger partial charge is 0.361 e. The molecule has 1 aromatic heterocycles. The minimum Gasteiger partial charge on any atom is -0.361 e. The molecule has 0 aromatic carbocycles. The van der Waals surface area contributed by atoms with Crippen molar-refractivity contribution < 1.29 is 17.6 Å². The monoisotopic (exact) mass is 248 g/mol. The maximum Gasteiger partial charge on any atom is 0.253 e. The zero-order valence-electron chi connectivity index (χ0n) is 9.53. The highest BCUT2D eigenvalue weighted by atomic mass is 19.2. The van der Waals surface area contributed by atoms with E-state index in [0.717, 1.165) is 6.42 Å². The second kappa shape index (κ2) is 3.85. The lowest BCUT2D eigenvalue weighted by molar-refractivity contribution is 0.397. The molecule has 94 valence electrons. The third-order valence-electron chi connectivity index (χ3n) is 3.15. The third-order valence-corrected chi connectivity index (χ3v) is 3.15. The van der Waals surface area contributed by atoms with Crippen molar-refractivity contribution in [3.63, 3.8) is 0 Å². The van der Waals surface area contributed by atoms with Crippen LogP contribution in [0.5, 0.6) is 0 Å². The zero-order valence-corrected chi connectivity index (χ0v) is 9.53. The summed E-state index contributed by atoms with van der Waals surface area (Å²) in [6, 6.07) is 0. The van der Waals surface area contributed by atoms with Gasteiger partial charge in [0.25, 0.3) is 11.9 Å². The van der Waals surface area contributed by atoms with Crippen molar-refractivity contribution in [1.29, 1.82) is 0 Å². The van der Waals surface area contributed by atoms with Crippen LogP contribution in [-0.4, -0.2) is 17.1 Å². The quantitative estimate of drug-likeness (QED) is 0.561. The third kappa shape index (κ3) is 1.85. The summed E-state index contributed by atoms with van der Waals surface area (Å²) >= 11 is 0. The lowest BCUT2D eigenvalue weighted by atomic mass is 10.0. The Kier molecular flexibility index (Phi) is 2.75. The normalized spacial score (nSPS) is 18.8. The van der Waals surface area contributed by atoms with E-state index in [9.17, 15) is 17.6 Å². The first kappa shape index (κ1) is 12.1. The molecule has 17 heavy (non-hydrogen) atoms. The number of hydrogen-bond donors (Lipinski definition) is 0. The molecule has 1 aromatic rings. The maximum absolute atomic E-state index is 13.6. The number of hydrogen-bond acceptors (Lipinski definition) is 2. The Balaban J connectivity index is 2.59. The van der Waals surface area contributed by atoms with Gasteiger partial charge >= 0.3 is 0 Å². The molecule has 0 spiro atoms. The Morgan fingerprint density at radius 1 is 1.06 bits per heavy atom. The molecule has 0 atom stereocenters. The van der Waals surface area contributed by atoms with Crippen LogP contribution in [0.25, 0.3) is 0 Å². The SMILES string of the molecule is CC1(C)CCCN1c1c(F)c(F)nc(F)c1F. The van der Waals surface area contributed by atoms with Crippen LogP contribution in [-0.2, 0) is 0 Å². The predicted molar refractivity (Wildman–Crippen MR) is 54.7 cm³/mol. The van der Waals surface area contributed by atoms with E-state index in [1.165, 1.54) is 4.90 Å². The molecular formula is C11H12F4N2. The number of anilines is 1. The number of pyridine rings is 1. The van der Waals surface area contributed by atoms with Gasteiger partial charge in [-0.2, -0.15) is 22.5 Å². The second-order valence-corrected chi connectivity index (χ2v) is 4.74. The van der Waals surface area contributed by atoms with Gasteiger partial charge < -0.3 is 4.90 Å². The molecule has 6 heteroatoms. The van der Waals surface area contributed by atoms with Crippen LogP contribution in [0.3, 0.4) is 0 Å². The molecule has 1 aliphatic heterocycles. The highest BCUT2D eigenvalue weighted by Crippen LogP contribution is 2.37. The molecule has 2 heterocycles. The van der Waals surface area contributed by atoms with Gasteiger partial charge in [0.1, 0.15) is 5.69 Å². The van der Waals surface area contributed by atoms with E-state index >= 15 is 0 Å². The Labute approximate surface area is 96.3 Å². The Bertz CT molecular complexity index is 433. The summed E-state index contributed by atoms with van der Waals surface area (Å²) in [5.41, 5.74) is -1.18. The van der Waals surface area contributed by atoms with Crippen LogP contribution in [0.15, 0.2) is 0 Å². The summed E-state index contributed by atoms with van der Waals surface area (Å²) in [5, 5.41) is 0. The van der Waals surface area contributed by atoms with Crippen molar-refractivity contribution in [2.45, 2.75) is 32.2 Å². The fourth-order valence-electron chi connectivity index (χ4n) is 2.23. The van der Waals surface area contributed by atoms with Crippen molar-refractivity contribution in [3.05, 3.63) is 23.5 Å². The summed E-state index contributed by atoms with van der Waals surface area (Å²) in [6.07, 6.45) is 1.43. The first-order valence-electron chi connectivity index (χ1n) is 5.32. The maximum atomic E-state index is 13.6. The van der Waals surface area contributed by atoms with E-state index < -0.39 is 34.8 Å². The average molecular weight is 248 g/mol. The van der Waals surface area contributed by atoms with Crippen LogP contribution in [0.4, 0.5) is 23.2 Å². The van der Waals surface area contributed by atoms with Crippen LogP contribution in [0, 0.1) is 23.5 Å².